The fourth-order valence-electron chi connectivity index (χ4n) is 2.99. The van der Waals surface area contributed by atoms with E-state index in [1.807, 2.05) is 13.8 Å². The molecule has 3 aliphatic rings. The van der Waals surface area contributed by atoms with Crippen LogP contribution in [0.15, 0.2) is 0 Å². The van der Waals surface area contributed by atoms with E-state index in [4.69, 9.17) is 0 Å². The molecule has 0 N–H and O–H groups in total. The van der Waals surface area contributed by atoms with Gasteiger partial charge in [-0.1, -0.05) is 13.8 Å². The summed E-state index contributed by atoms with van der Waals surface area (Å²) < 4.78 is 26.2. The zero-order valence-corrected chi connectivity index (χ0v) is 12.1. The van der Waals surface area contributed by atoms with Crippen molar-refractivity contribution in [2.75, 3.05) is 18.8 Å². The summed E-state index contributed by atoms with van der Waals surface area (Å²) in [4.78, 5) is 2.39. The Morgan fingerprint density at radius 3 is 2.06 bits per heavy atom. The van der Waals surface area contributed by atoms with Crippen molar-refractivity contribution in [3.63, 3.8) is 0 Å². The molecule has 17 heavy (non-hydrogen) atoms. The molecule has 0 aliphatic carbocycles. The van der Waals surface area contributed by atoms with Crippen LogP contribution in [0.3, 0.4) is 0 Å². The second-order valence-corrected chi connectivity index (χ2v) is 8.01. The van der Waals surface area contributed by atoms with Crippen LogP contribution in [0.5, 0.6) is 0 Å². The van der Waals surface area contributed by atoms with Crippen LogP contribution in [-0.2, 0) is 10.0 Å². The van der Waals surface area contributed by atoms with E-state index in [0.717, 1.165) is 19.5 Å². The van der Waals surface area contributed by atoms with Gasteiger partial charge in [0.2, 0.25) is 10.0 Å². The van der Waals surface area contributed by atoms with Gasteiger partial charge in [0, 0.05) is 31.2 Å². The lowest BCUT2D eigenvalue weighted by Gasteiger charge is -2.56. The summed E-state index contributed by atoms with van der Waals surface area (Å²) in [6.07, 6.45) is 1.06. The molecule has 0 spiro atoms. The summed E-state index contributed by atoms with van der Waals surface area (Å²) in [7, 11) is -3.02. The molecule has 0 radical (unpaired) electrons. The average molecular weight is 260 g/mol. The van der Waals surface area contributed by atoms with E-state index in [-0.39, 0.29) is 18.0 Å². The summed E-state index contributed by atoms with van der Waals surface area (Å²) in [5.74, 6) is 0.504. The van der Waals surface area contributed by atoms with E-state index in [1.54, 1.807) is 4.31 Å². The monoisotopic (exact) mass is 260 g/mol. The summed E-state index contributed by atoms with van der Waals surface area (Å²) in [6, 6.07) is 0.995. The second-order valence-electron chi connectivity index (χ2n) is 6.09. The molecule has 5 heteroatoms. The molecule has 3 rings (SSSR count). The van der Waals surface area contributed by atoms with Gasteiger partial charge in [-0.25, -0.2) is 8.42 Å². The van der Waals surface area contributed by atoms with Crippen LogP contribution >= 0.6 is 0 Å². The number of rotatable bonds is 4. The minimum absolute atomic E-state index is 0.211. The minimum atomic E-state index is -3.02. The van der Waals surface area contributed by atoms with Crippen LogP contribution in [0.1, 0.15) is 34.1 Å². The highest BCUT2D eigenvalue weighted by Gasteiger charge is 2.50. The summed E-state index contributed by atoms with van der Waals surface area (Å²) >= 11 is 0. The highest BCUT2D eigenvalue weighted by molar-refractivity contribution is 7.89. The number of sulfonamides is 1. The quantitative estimate of drug-likeness (QED) is 0.761. The summed E-state index contributed by atoms with van der Waals surface area (Å²) in [5, 5.41) is 0. The number of piperidine rings is 1. The molecule has 3 saturated heterocycles. The number of hydrogen-bond acceptors (Lipinski definition) is 3. The molecule has 0 amide bonds. The molecule has 3 aliphatic heterocycles. The lowest BCUT2D eigenvalue weighted by atomic mass is 9.90. The predicted molar refractivity (Wildman–Crippen MR) is 69.4 cm³/mol. The minimum Gasteiger partial charge on any atom is -0.298 e. The normalized spacial score (nSPS) is 30.9. The Labute approximate surface area is 105 Å². The molecule has 100 valence electrons. The number of nitrogens with zero attached hydrogens (tertiary/aromatic N) is 2. The zero-order valence-electron chi connectivity index (χ0n) is 11.3. The van der Waals surface area contributed by atoms with Crippen LogP contribution < -0.4 is 0 Å². The van der Waals surface area contributed by atoms with Crippen molar-refractivity contribution in [3.8, 4) is 0 Å². The Morgan fingerprint density at radius 2 is 1.65 bits per heavy atom. The largest absolute Gasteiger partial charge is 0.298 e. The van der Waals surface area contributed by atoms with Crippen molar-refractivity contribution in [1.29, 1.82) is 0 Å². The van der Waals surface area contributed by atoms with E-state index in [9.17, 15) is 8.42 Å². The molecular formula is C12H24N2O2S. The Balaban J connectivity index is 2.03. The predicted octanol–water partition coefficient (Wildman–Crippen LogP) is 1.14. The average Bonchev–Trinajstić information content (AvgIpc) is 2.14. The third-order valence-corrected chi connectivity index (χ3v) is 6.08. The van der Waals surface area contributed by atoms with Gasteiger partial charge in [0.1, 0.15) is 0 Å². The highest BCUT2D eigenvalue weighted by Crippen LogP contribution is 2.36. The van der Waals surface area contributed by atoms with Crippen LogP contribution in [0.2, 0.25) is 0 Å². The molecular weight excluding hydrogens is 236 g/mol. The first-order valence-corrected chi connectivity index (χ1v) is 8.17. The smallest absolute Gasteiger partial charge is 0.214 e. The molecule has 0 aromatic carbocycles. The standard InChI is InChI=1S/C12H24N2O2S/c1-9(2)8-17(15,16)14-11-5-12(14)7-13(6-11)10(3)4/h9-12H,5-8H2,1-4H3. The van der Waals surface area contributed by atoms with Crippen molar-refractivity contribution in [2.45, 2.75) is 52.2 Å². The first-order valence-electron chi connectivity index (χ1n) is 6.56. The molecule has 0 aromatic rings. The van der Waals surface area contributed by atoms with Gasteiger partial charge in [0.05, 0.1) is 5.75 Å². The SMILES string of the molecule is CC(C)CS(=O)(=O)N1C2CC1CN(C(C)C)C2. The maximum absolute atomic E-state index is 12.2. The third-order valence-electron chi connectivity index (χ3n) is 3.75. The van der Waals surface area contributed by atoms with Gasteiger partial charge in [-0.3, -0.25) is 4.90 Å². The van der Waals surface area contributed by atoms with Gasteiger partial charge >= 0.3 is 0 Å². The summed E-state index contributed by atoms with van der Waals surface area (Å²) in [6.45, 7) is 10.1. The van der Waals surface area contributed by atoms with Crippen LogP contribution in [0, 0.1) is 5.92 Å². The lowest BCUT2D eigenvalue weighted by molar-refractivity contribution is -0.0201. The van der Waals surface area contributed by atoms with Gasteiger partial charge in [0.15, 0.2) is 0 Å². The molecule has 2 unspecified atom stereocenters. The molecule has 0 aromatic heterocycles. The van der Waals surface area contributed by atoms with Gasteiger partial charge in [-0.05, 0) is 26.2 Å². The molecule has 4 nitrogen and oxygen atoms in total. The van der Waals surface area contributed by atoms with Crippen molar-refractivity contribution in [1.82, 2.24) is 9.21 Å². The van der Waals surface area contributed by atoms with E-state index in [2.05, 4.69) is 18.7 Å². The Kier molecular flexibility index (Phi) is 3.54. The maximum atomic E-state index is 12.2. The molecule has 3 fully saturated rings. The van der Waals surface area contributed by atoms with Gasteiger partial charge in [-0.2, -0.15) is 4.31 Å². The van der Waals surface area contributed by atoms with Crippen molar-refractivity contribution in [3.05, 3.63) is 0 Å². The molecule has 2 bridgehead atoms. The Morgan fingerprint density at radius 1 is 1.12 bits per heavy atom. The lowest BCUT2D eigenvalue weighted by Crippen LogP contribution is -2.71. The van der Waals surface area contributed by atoms with E-state index >= 15 is 0 Å². The van der Waals surface area contributed by atoms with Crippen LogP contribution in [-0.4, -0.2) is 54.6 Å². The fourth-order valence-corrected chi connectivity index (χ4v) is 5.22. The number of fused-ring (bicyclic) bond motifs is 2. The first-order chi connectivity index (χ1) is 7.81. The van der Waals surface area contributed by atoms with Crippen molar-refractivity contribution < 1.29 is 8.42 Å². The number of piperazine rings is 1. The Hall–Kier alpha value is -0.130. The van der Waals surface area contributed by atoms with Gasteiger partial charge in [-0.15, -0.1) is 0 Å². The van der Waals surface area contributed by atoms with E-state index < -0.39 is 10.0 Å². The van der Waals surface area contributed by atoms with Crippen LogP contribution in [0.4, 0.5) is 0 Å². The van der Waals surface area contributed by atoms with E-state index in [0.29, 0.717) is 11.8 Å². The molecule has 2 atom stereocenters. The molecule has 3 heterocycles. The van der Waals surface area contributed by atoms with E-state index in [1.165, 1.54) is 0 Å². The zero-order chi connectivity index (χ0) is 12.8. The highest BCUT2D eigenvalue weighted by atomic mass is 32.2. The molecule has 0 saturated carbocycles. The van der Waals surface area contributed by atoms with Crippen LogP contribution in [0.25, 0.3) is 0 Å². The maximum Gasteiger partial charge on any atom is 0.214 e. The second kappa shape index (κ2) is 4.52. The topological polar surface area (TPSA) is 40.6 Å². The van der Waals surface area contributed by atoms with Crippen molar-refractivity contribution in [2.24, 2.45) is 5.92 Å². The third kappa shape index (κ3) is 2.51. The first kappa shape index (κ1) is 13.3. The number of hydrogen-bond donors (Lipinski definition) is 0. The van der Waals surface area contributed by atoms with Gasteiger partial charge in [0.25, 0.3) is 0 Å². The van der Waals surface area contributed by atoms with Crippen molar-refractivity contribution >= 4 is 10.0 Å². The fraction of sp³-hybridized carbons (Fsp3) is 1.00. The summed E-state index contributed by atoms with van der Waals surface area (Å²) in [5.41, 5.74) is 0. The Bertz CT molecular complexity index is 366. The van der Waals surface area contributed by atoms with Gasteiger partial charge < -0.3 is 0 Å².